The van der Waals surface area contributed by atoms with Gasteiger partial charge in [-0.1, -0.05) is 26.7 Å². The van der Waals surface area contributed by atoms with E-state index in [-0.39, 0.29) is 6.61 Å². The summed E-state index contributed by atoms with van der Waals surface area (Å²) in [5.74, 6) is 0. The van der Waals surface area contributed by atoms with Crippen molar-refractivity contribution in [3.63, 3.8) is 0 Å². The molecule has 2 rings (SSSR count). The highest BCUT2D eigenvalue weighted by Gasteiger charge is 2.51. The molecule has 8 heteroatoms. The van der Waals surface area contributed by atoms with Gasteiger partial charge in [0.1, 0.15) is 18.5 Å². The molecule has 1 aromatic rings. The van der Waals surface area contributed by atoms with Crippen molar-refractivity contribution in [3.8, 4) is 0 Å². The van der Waals surface area contributed by atoms with Crippen LogP contribution in [-0.2, 0) is 14.2 Å². The van der Waals surface area contributed by atoms with Crippen molar-refractivity contribution in [2.24, 2.45) is 0 Å². The second kappa shape index (κ2) is 9.99. The van der Waals surface area contributed by atoms with Crippen molar-refractivity contribution in [2.45, 2.75) is 63.9 Å². The Morgan fingerprint density at radius 2 is 2.04 bits per heavy atom. The molecule has 1 fully saturated rings. The normalized spacial score (nSPS) is 25.7. The lowest BCUT2D eigenvalue weighted by atomic mass is 9.99. The average Bonchev–Trinajstić information content (AvgIpc) is 2.98. The molecule has 1 saturated heterocycles. The zero-order valence-electron chi connectivity index (χ0n) is 15.5. The van der Waals surface area contributed by atoms with Gasteiger partial charge in [0, 0.05) is 31.9 Å². The maximum Gasteiger partial charge on any atom is 0.330 e. The predicted octanol–water partition coefficient (Wildman–Crippen LogP) is 2.17. The van der Waals surface area contributed by atoms with Gasteiger partial charge in [-0.05, 0) is 12.8 Å². The van der Waals surface area contributed by atoms with Gasteiger partial charge in [0.15, 0.2) is 0 Å². The van der Waals surface area contributed by atoms with Crippen LogP contribution in [0.15, 0.2) is 21.9 Å². The van der Waals surface area contributed by atoms with Gasteiger partial charge in [-0.25, -0.2) is 9.18 Å². The fourth-order valence-electron chi connectivity index (χ4n) is 2.98. The van der Waals surface area contributed by atoms with Crippen LogP contribution in [0.5, 0.6) is 0 Å². The smallest absolute Gasteiger partial charge is 0.330 e. The fourth-order valence-corrected chi connectivity index (χ4v) is 2.98. The van der Waals surface area contributed by atoms with Crippen molar-refractivity contribution in [2.75, 3.05) is 26.5 Å². The Kier molecular flexibility index (Phi) is 7.99. The number of alkyl halides is 1. The molecule has 3 atom stereocenters. The number of hydrogen-bond acceptors (Lipinski definition) is 5. The first-order chi connectivity index (χ1) is 12.6. The molecule has 0 aromatic carbocycles. The zero-order valence-corrected chi connectivity index (χ0v) is 15.5. The molecule has 1 unspecified atom stereocenters. The van der Waals surface area contributed by atoms with E-state index in [1.165, 1.54) is 16.8 Å². The highest BCUT2D eigenvalue weighted by molar-refractivity contribution is 4.98. The van der Waals surface area contributed by atoms with Crippen molar-refractivity contribution in [1.82, 2.24) is 9.55 Å². The lowest BCUT2D eigenvalue weighted by Crippen LogP contribution is -2.48. The first-order valence-corrected chi connectivity index (χ1v) is 9.31. The van der Waals surface area contributed by atoms with Gasteiger partial charge in [0.2, 0.25) is 0 Å². The first-order valence-electron chi connectivity index (χ1n) is 9.31. The quantitative estimate of drug-likeness (QED) is 0.602. The van der Waals surface area contributed by atoms with Crippen molar-refractivity contribution >= 4 is 0 Å². The van der Waals surface area contributed by atoms with Gasteiger partial charge < -0.3 is 14.2 Å². The maximum atomic E-state index is 14.0. The molecule has 2 heterocycles. The molecule has 1 aliphatic heterocycles. The van der Waals surface area contributed by atoms with Gasteiger partial charge >= 0.3 is 5.69 Å². The zero-order chi connectivity index (χ0) is 19.0. The van der Waals surface area contributed by atoms with Crippen LogP contribution in [0.2, 0.25) is 0 Å². The third kappa shape index (κ3) is 5.02. The van der Waals surface area contributed by atoms with Crippen LogP contribution in [0, 0.1) is 0 Å². The standard InChI is InChI=1S/C18H29FN2O5/c1-3-5-9-24-13-18(12-19)14(25-10-6-4-2)11-16(26-18)21-8-7-15(22)20-17(21)23/h7-8,14,16H,3-6,9-13H2,1-2H3,(H,20,22,23)/t14-,16?,18+/m0/s1. The molecule has 0 spiro atoms. The summed E-state index contributed by atoms with van der Waals surface area (Å²) >= 11 is 0. The van der Waals surface area contributed by atoms with E-state index in [2.05, 4.69) is 11.9 Å². The minimum Gasteiger partial charge on any atom is -0.378 e. The van der Waals surface area contributed by atoms with E-state index >= 15 is 0 Å². The molecule has 0 amide bonds. The third-order valence-corrected chi connectivity index (χ3v) is 4.57. The number of nitrogens with zero attached hydrogens (tertiary/aromatic N) is 1. The van der Waals surface area contributed by atoms with Crippen LogP contribution in [0.1, 0.15) is 52.2 Å². The van der Waals surface area contributed by atoms with Gasteiger partial charge in [0.25, 0.3) is 5.56 Å². The van der Waals surface area contributed by atoms with Crippen LogP contribution >= 0.6 is 0 Å². The summed E-state index contributed by atoms with van der Waals surface area (Å²) in [5.41, 5.74) is -2.32. The average molecular weight is 372 g/mol. The Labute approximate surface area is 152 Å². The van der Waals surface area contributed by atoms with Gasteiger partial charge in [0.05, 0.1) is 12.7 Å². The van der Waals surface area contributed by atoms with Gasteiger partial charge in [-0.3, -0.25) is 14.3 Å². The Hall–Kier alpha value is -1.51. The first kappa shape index (κ1) is 20.8. The summed E-state index contributed by atoms with van der Waals surface area (Å²) in [6.07, 6.45) is 4.13. The van der Waals surface area contributed by atoms with E-state index in [1.807, 2.05) is 6.92 Å². The van der Waals surface area contributed by atoms with Gasteiger partial charge in [-0.15, -0.1) is 0 Å². The number of H-pyrrole nitrogens is 1. The number of halogens is 1. The summed E-state index contributed by atoms with van der Waals surface area (Å²) < 4.78 is 32.8. The number of rotatable bonds is 11. The lowest BCUT2D eigenvalue weighted by molar-refractivity contribution is -0.160. The van der Waals surface area contributed by atoms with E-state index in [1.54, 1.807) is 0 Å². The van der Waals surface area contributed by atoms with Crippen molar-refractivity contribution in [1.29, 1.82) is 0 Å². The van der Waals surface area contributed by atoms with Crippen molar-refractivity contribution in [3.05, 3.63) is 33.1 Å². The summed E-state index contributed by atoms with van der Waals surface area (Å²) in [6, 6.07) is 1.24. The molecular formula is C18H29FN2O5. The number of nitrogens with one attached hydrogen (secondary N) is 1. The molecule has 26 heavy (non-hydrogen) atoms. The van der Waals surface area contributed by atoms with Crippen LogP contribution in [-0.4, -0.2) is 47.8 Å². The Morgan fingerprint density at radius 3 is 2.69 bits per heavy atom. The molecule has 0 saturated carbocycles. The molecule has 0 aliphatic carbocycles. The van der Waals surface area contributed by atoms with E-state index in [9.17, 15) is 14.0 Å². The molecule has 0 radical (unpaired) electrons. The lowest BCUT2D eigenvalue weighted by Gasteiger charge is -2.31. The van der Waals surface area contributed by atoms with Crippen LogP contribution in [0.3, 0.4) is 0 Å². The minimum atomic E-state index is -1.25. The highest BCUT2D eigenvalue weighted by atomic mass is 19.1. The van der Waals surface area contributed by atoms with Crippen LogP contribution in [0.4, 0.5) is 4.39 Å². The summed E-state index contributed by atoms with van der Waals surface area (Å²) in [4.78, 5) is 25.5. The van der Waals surface area contributed by atoms with E-state index in [0.717, 1.165) is 25.7 Å². The van der Waals surface area contributed by atoms with Crippen LogP contribution in [0.25, 0.3) is 0 Å². The molecule has 148 valence electrons. The highest BCUT2D eigenvalue weighted by Crippen LogP contribution is 2.39. The SMILES string of the molecule is CCCCOC[C@@]1(CF)OC(n2ccc(=O)[nH]c2=O)C[C@@H]1OCCCC. The maximum absolute atomic E-state index is 14.0. The molecule has 1 N–H and O–H groups in total. The number of unbranched alkanes of at least 4 members (excludes halogenated alkanes) is 2. The third-order valence-electron chi connectivity index (χ3n) is 4.57. The molecular weight excluding hydrogens is 343 g/mol. The molecule has 1 aromatic heterocycles. The minimum absolute atomic E-state index is 0.0644. The fraction of sp³-hybridized carbons (Fsp3) is 0.778. The predicted molar refractivity (Wildman–Crippen MR) is 95.1 cm³/mol. The van der Waals surface area contributed by atoms with Gasteiger partial charge in [-0.2, -0.15) is 0 Å². The number of ether oxygens (including phenoxy) is 3. The molecule has 0 bridgehead atoms. The second-order valence-corrected chi connectivity index (χ2v) is 6.64. The largest absolute Gasteiger partial charge is 0.378 e. The second-order valence-electron chi connectivity index (χ2n) is 6.64. The Morgan fingerprint density at radius 1 is 1.31 bits per heavy atom. The van der Waals surface area contributed by atoms with Crippen molar-refractivity contribution < 1.29 is 18.6 Å². The number of hydrogen-bond donors (Lipinski definition) is 1. The Bertz CT molecular complexity index is 661. The molecule has 1 aliphatic rings. The molecule has 7 nitrogen and oxygen atoms in total. The van der Waals surface area contributed by atoms with E-state index < -0.39 is 35.9 Å². The summed E-state index contributed by atoms with van der Waals surface area (Å²) in [6.45, 7) is 4.41. The monoisotopic (exact) mass is 372 g/mol. The summed E-state index contributed by atoms with van der Waals surface area (Å²) in [5, 5.41) is 0. The Balaban J connectivity index is 2.18. The van der Waals surface area contributed by atoms with Crippen LogP contribution < -0.4 is 11.2 Å². The topological polar surface area (TPSA) is 82.5 Å². The number of aromatic amines is 1. The van der Waals surface area contributed by atoms with E-state index in [4.69, 9.17) is 14.2 Å². The summed E-state index contributed by atoms with van der Waals surface area (Å²) in [7, 11) is 0. The van der Waals surface area contributed by atoms with E-state index in [0.29, 0.717) is 19.6 Å². The number of aromatic nitrogens is 2.